The van der Waals surface area contributed by atoms with Gasteiger partial charge in [-0.25, -0.2) is 0 Å². The summed E-state index contributed by atoms with van der Waals surface area (Å²) in [7, 11) is 2.02. The van der Waals surface area contributed by atoms with Gasteiger partial charge in [-0.05, 0) is 40.4 Å². The quantitative estimate of drug-likeness (QED) is 0.848. The fourth-order valence-corrected chi connectivity index (χ4v) is 3.21. The van der Waals surface area contributed by atoms with Crippen molar-refractivity contribution in [3.8, 4) is 0 Å². The van der Waals surface area contributed by atoms with E-state index in [0.29, 0.717) is 0 Å². The fourth-order valence-electron chi connectivity index (χ4n) is 2.75. The summed E-state index contributed by atoms with van der Waals surface area (Å²) in [5.74, 6) is 0. The van der Waals surface area contributed by atoms with E-state index in [4.69, 9.17) is 0 Å². The summed E-state index contributed by atoms with van der Waals surface area (Å²) in [5.41, 5.74) is 5.29. The number of halogens is 1. The van der Waals surface area contributed by atoms with Crippen molar-refractivity contribution in [2.24, 2.45) is 7.05 Å². The molecule has 0 atom stereocenters. The molecular weight excluding hydrogens is 302 g/mol. The zero-order valence-corrected chi connectivity index (χ0v) is 12.9. The van der Waals surface area contributed by atoms with E-state index in [1.54, 1.807) is 0 Å². The second-order valence-corrected chi connectivity index (χ2v) is 5.99. The molecule has 1 aromatic carbocycles. The number of aromatic nitrogens is 2. The highest BCUT2D eigenvalue weighted by atomic mass is 79.9. The fraction of sp³-hybridized carbons (Fsp3) is 0.400. The zero-order chi connectivity index (χ0) is 13.4. The molecule has 0 aliphatic carbocycles. The van der Waals surface area contributed by atoms with Gasteiger partial charge >= 0.3 is 0 Å². The van der Waals surface area contributed by atoms with Crippen molar-refractivity contribution in [1.29, 1.82) is 0 Å². The van der Waals surface area contributed by atoms with Crippen LogP contribution in [0.4, 0.5) is 0 Å². The Bertz CT molecular complexity index is 603. The summed E-state index contributed by atoms with van der Waals surface area (Å²) >= 11 is 3.65. The molecular formula is C15H18BrN3. The molecule has 1 aromatic heterocycles. The summed E-state index contributed by atoms with van der Waals surface area (Å²) in [6, 6.07) is 8.75. The van der Waals surface area contributed by atoms with Crippen LogP contribution < -0.4 is 0 Å². The summed E-state index contributed by atoms with van der Waals surface area (Å²) < 4.78 is 3.13. The van der Waals surface area contributed by atoms with Gasteiger partial charge in [0, 0.05) is 26.7 Å². The molecule has 0 unspecified atom stereocenters. The molecule has 0 bridgehead atoms. The number of fused-ring (bicyclic) bond motifs is 1. The van der Waals surface area contributed by atoms with Gasteiger partial charge in [0.25, 0.3) is 0 Å². The first-order valence-electron chi connectivity index (χ1n) is 6.62. The second-order valence-electron chi connectivity index (χ2n) is 5.20. The molecule has 0 saturated carbocycles. The zero-order valence-electron chi connectivity index (χ0n) is 11.4. The molecule has 0 amide bonds. The Hall–Kier alpha value is -1.13. The highest BCUT2D eigenvalue weighted by molar-refractivity contribution is 9.10. The van der Waals surface area contributed by atoms with Gasteiger partial charge in [-0.2, -0.15) is 5.10 Å². The normalized spacial score (nSPS) is 15.5. The van der Waals surface area contributed by atoms with Gasteiger partial charge in [0.15, 0.2) is 0 Å². The van der Waals surface area contributed by atoms with E-state index in [0.717, 1.165) is 36.2 Å². The van der Waals surface area contributed by atoms with Crippen molar-refractivity contribution in [3.63, 3.8) is 0 Å². The van der Waals surface area contributed by atoms with E-state index >= 15 is 0 Å². The lowest BCUT2D eigenvalue weighted by atomic mass is 10.00. The van der Waals surface area contributed by atoms with Gasteiger partial charge in [0.2, 0.25) is 0 Å². The molecule has 0 radical (unpaired) electrons. The predicted molar refractivity (Wildman–Crippen MR) is 79.9 cm³/mol. The largest absolute Gasteiger partial charge is 0.293 e. The molecule has 0 fully saturated rings. The topological polar surface area (TPSA) is 21.1 Å². The number of hydrogen-bond acceptors (Lipinski definition) is 2. The monoisotopic (exact) mass is 319 g/mol. The van der Waals surface area contributed by atoms with Crippen molar-refractivity contribution in [3.05, 3.63) is 51.3 Å². The standard InChI is InChI=1S/C15H18BrN3/c1-11-15(16)14(18(2)17-11)10-19-8-7-12-5-3-4-6-13(12)9-19/h3-6H,7-10H2,1-2H3. The SMILES string of the molecule is Cc1nn(C)c(CN2CCc3ccccc3C2)c1Br. The van der Waals surface area contributed by atoms with E-state index in [-0.39, 0.29) is 0 Å². The van der Waals surface area contributed by atoms with Crippen LogP contribution in [0.2, 0.25) is 0 Å². The van der Waals surface area contributed by atoms with Crippen molar-refractivity contribution < 1.29 is 0 Å². The van der Waals surface area contributed by atoms with Crippen LogP contribution in [-0.2, 0) is 26.6 Å². The van der Waals surface area contributed by atoms with E-state index in [1.165, 1.54) is 16.8 Å². The molecule has 0 N–H and O–H groups in total. The van der Waals surface area contributed by atoms with E-state index in [2.05, 4.69) is 50.2 Å². The summed E-state index contributed by atoms with van der Waals surface area (Å²) in [4.78, 5) is 2.49. The average molecular weight is 320 g/mol. The van der Waals surface area contributed by atoms with Crippen LogP contribution in [0.15, 0.2) is 28.7 Å². The molecule has 100 valence electrons. The first kappa shape index (κ1) is 12.9. The summed E-state index contributed by atoms with van der Waals surface area (Å²) in [6.07, 6.45) is 1.14. The van der Waals surface area contributed by atoms with Crippen LogP contribution in [-0.4, -0.2) is 21.2 Å². The van der Waals surface area contributed by atoms with Crippen molar-refractivity contribution >= 4 is 15.9 Å². The number of benzene rings is 1. The third-order valence-corrected chi connectivity index (χ3v) is 4.88. The second kappa shape index (κ2) is 5.10. The first-order valence-corrected chi connectivity index (χ1v) is 7.41. The van der Waals surface area contributed by atoms with Crippen LogP contribution >= 0.6 is 15.9 Å². The van der Waals surface area contributed by atoms with Crippen LogP contribution in [0.25, 0.3) is 0 Å². The number of nitrogens with zero attached hydrogens (tertiary/aromatic N) is 3. The van der Waals surface area contributed by atoms with Crippen molar-refractivity contribution in [2.75, 3.05) is 6.54 Å². The lowest BCUT2D eigenvalue weighted by Gasteiger charge is -2.28. The molecule has 4 heteroatoms. The van der Waals surface area contributed by atoms with Gasteiger partial charge < -0.3 is 0 Å². The molecule has 2 aromatic rings. The van der Waals surface area contributed by atoms with E-state index in [1.807, 2.05) is 18.7 Å². The highest BCUT2D eigenvalue weighted by Crippen LogP contribution is 2.25. The molecule has 0 saturated heterocycles. The van der Waals surface area contributed by atoms with Crippen LogP contribution in [0, 0.1) is 6.92 Å². The Morgan fingerprint density at radius 2 is 2.00 bits per heavy atom. The number of rotatable bonds is 2. The molecule has 3 nitrogen and oxygen atoms in total. The van der Waals surface area contributed by atoms with Crippen molar-refractivity contribution in [1.82, 2.24) is 14.7 Å². The van der Waals surface area contributed by atoms with Crippen molar-refractivity contribution in [2.45, 2.75) is 26.4 Å². The molecule has 1 aliphatic rings. The average Bonchev–Trinajstić information content (AvgIpc) is 2.65. The Labute approximate surface area is 122 Å². The van der Waals surface area contributed by atoms with E-state index < -0.39 is 0 Å². The molecule has 1 aliphatic heterocycles. The molecule has 19 heavy (non-hydrogen) atoms. The predicted octanol–water partition coefficient (Wildman–Crippen LogP) is 3.05. The lowest BCUT2D eigenvalue weighted by molar-refractivity contribution is 0.238. The van der Waals surface area contributed by atoms with Crippen LogP contribution in [0.1, 0.15) is 22.5 Å². The summed E-state index contributed by atoms with van der Waals surface area (Å²) in [6.45, 7) is 5.14. The lowest BCUT2D eigenvalue weighted by Crippen LogP contribution is -2.30. The Morgan fingerprint density at radius 3 is 2.68 bits per heavy atom. The van der Waals surface area contributed by atoms with E-state index in [9.17, 15) is 0 Å². The minimum atomic E-state index is 0.951. The van der Waals surface area contributed by atoms with Gasteiger partial charge in [-0.1, -0.05) is 24.3 Å². The minimum Gasteiger partial charge on any atom is -0.293 e. The molecule has 3 rings (SSSR count). The number of aryl methyl sites for hydroxylation is 2. The number of hydrogen-bond donors (Lipinski definition) is 0. The van der Waals surface area contributed by atoms with Crippen LogP contribution in [0.3, 0.4) is 0 Å². The third-order valence-electron chi connectivity index (χ3n) is 3.84. The molecule has 2 heterocycles. The highest BCUT2D eigenvalue weighted by Gasteiger charge is 2.19. The van der Waals surface area contributed by atoms with Gasteiger partial charge in [0.05, 0.1) is 15.9 Å². The smallest absolute Gasteiger partial charge is 0.0739 e. The van der Waals surface area contributed by atoms with Gasteiger partial charge in [0.1, 0.15) is 0 Å². The Kier molecular flexibility index (Phi) is 3.46. The first-order chi connectivity index (χ1) is 9.15. The maximum absolute atomic E-state index is 4.46. The van der Waals surface area contributed by atoms with Gasteiger partial charge in [-0.15, -0.1) is 0 Å². The van der Waals surface area contributed by atoms with Gasteiger partial charge in [-0.3, -0.25) is 9.58 Å². The molecule has 0 spiro atoms. The maximum Gasteiger partial charge on any atom is 0.0739 e. The minimum absolute atomic E-state index is 0.951. The van der Waals surface area contributed by atoms with Crippen LogP contribution in [0.5, 0.6) is 0 Å². The maximum atomic E-state index is 4.46. The summed E-state index contributed by atoms with van der Waals surface area (Å²) in [5, 5.41) is 4.46. The third kappa shape index (κ3) is 2.47. The Balaban J connectivity index is 1.79. The Morgan fingerprint density at radius 1 is 1.26 bits per heavy atom.